The summed E-state index contributed by atoms with van der Waals surface area (Å²) in [7, 11) is 1.92. The van der Waals surface area contributed by atoms with Gasteiger partial charge in [-0.1, -0.05) is 0 Å². The van der Waals surface area contributed by atoms with Gasteiger partial charge in [0.2, 0.25) is 5.82 Å². The summed E-state index contributed by atoms with van der Waals surface area (Å²) in [4.78, 5) is 12.6. The maximum absolute atomic E-state index is 14.1. The van der Waals surface area contributed by atoms with E-state index in [4.69, 9.17) is 15.6 Å². The largest absolute Gasteiger partial charge is 0.461 e. The van der Waals surface area contributed by atoms with Gasteiger partial charge in [-0.2, -0.15) is 9.98 Å². The van der Waals surface area contributed by atoms with Crippen LogP contribution in [0, 0.1) is 17.0 Å². The molecule has 0 spiro atoms. The smallest absolute Gasteiger partial charge is 0.326 e. The molecule has 1 aromatic heterocycles. The van der Waals surface area contributed by atoms with Gasteiger partial charge >= 0.3 is 5.96 Å². The van der Waals surface area contributed by atoms with Gasteiger partial charge in [-0.05, 0) is 37.1 Å². The Morgan fingerprint density at radius 3 is 2.77 bits per heavy atom. The average molecular weight is 428 g/mol. The summed E-state index contributed by atoms with van der Waals surface area (Å²) in [5.41, 5.74) is 6.40. The Morgan fingerprint density at radius 1 is 1.32 bits per heavy atom. The normalized spacial score (nSPS) is 18.1. The summed E-state index contributed by atoms with van der Waals surface area (Å²) in [6, 6.07) is 7.27. The Balaban J connectivity index is 1.44. The van der Waals surface area contributed by atoms with E-state index in [0.717, 1.165) is 18.9 Å². The number of nitrogens with two attached hydrogens (primary N) is 2. The Hall–Kier alpha value is -3.53. The Labute approximate surface area is 178 Å². The van der Waals surface area contributed by atoms with E-state index >= 15 is 0 Å². The number of guanidine groups is 1. The fraction of sp³-hybridized carbons (Fsp3) is 0.286. The minimum Gasteiger partial charge on any atom is -0.461 e. The lowest BCUT2D eigenvalue weighted by atomic mass is 10.0. The molecule has 0 bridgehead atoms. The number of likely N-dealkylation sites (N-methyl/N-ethyl adjacent to an activating group) is 1. The van der Waals surface area contributed by atoms with Gasteiger partial charge in [-0.15, -0.1) is 0 Å². The third kappa shape index (κ3) is 4.64. The lowest BCUT2D eigenvalue weighted by molar-refractivity contribution is -0.488. The highest BCUT2D eigenvalue weighted by Gasteiger charge is 2.28. The van der Waals surface area contributed by atoms with Crippen LogP contribution in [-0.2, 0) is 0 Å². The molecule has 2 aliphatic rings. The Bertz CT molecular complexity index is 1050. The molecule has 2 aliphatic heterocycles. The van der Waals surface area contributed by atoms with Crippen molar-refractivity contribution < 1.29 is 18.5 Å². The quantitative estimate of drug-likeness (QED) is 0.508. The second-order valence-corrected chi connectivity index (χ2v) is 7.47. The predicted molar refractivity (Wildman–Crippen MR) is 114 cm³/mol. The van der Waals surface area contributed by atoms with Crippen molar-refractivity contribution in [3.05, 3.63) is 65.9 Å². The molecule has 31 heavy (non-hydrogen) atoms. The van der Waals surface area contributed by atoms with Crippen LogP contribution >= 0.6 is 0 Å². The number of furan rings is 1. The monoisotopic (exact) mass is 428 g/mol. The van der Waals surface area contributed by atoms with Crippen molar-refractivity contribution >= 4 is 23.3 Å². The summed E-state index contributed by atoms with van der Waals surface area (Å²) in [5, 5.41) is 9.57. The van der Waals surface area contributed by atoms with E-state index in [1.54, 1.807) is 18.2 Å². The third-order valence-corrected chi connectivity index (χ3v) is 5.44. The highest BCUT2D eigenvalue weighted by Crippen LogP contribution is 2.25. The summed E-state index contributed by atoms with van der Waals surface area (Å²) in [6.07, 6.45) is 4.83. The van der Waals surface area contributed by atoms with Crippen molar-refractivity contribution in [3.8, 4) is 0 Å². The van der Waals surface area contributed by atoms with Crippen molar-refractivity contribution in [2.45, 2.75) is 18.9 Å². The van der Waals surface area contributed by atoms with E-state index in [2.05, 4.69) is 9.98 Å². The van der Waals surface area contributed by atoms with Crippen molar-refractivity contribution in [2.75, 3.05) is 25.0 Å². The second kappa shape index (κ2) is 8.68. The van der Waals surface area contributed by atoms with Gasteiger partial charge in [0.1, 0.15) is 17.5 Å². The summed E-state index contributed by atoms with van der Waals surface area (Å²) < 4.78 is 32.5. The number of anilines is 1. The highest BCUT2D eigenvalue weighted by atomic mass is 19.1. The molecule has 0 unspecified atom stereocenters. The van der Waals surface area contributed by atoms with E-state index in [1.165, 1.54) is 23.7 Å². The fourth-order valence-electron chi connectivity index (χ4n) is 3.78. The van der Waals surface area contributed by atoms with Crippen molar-refractivity contribution in [3.63, 3.8) is 0 Å². The summed E-state index contributed by atoms with van der Waals surface area (Å²) >= 11 is 0. The number of halogens is 2. The van der Waals surface area contributed by atoms with Gasteiger partial charge in [-0.3, -0.25) is 0 Å². The first-order valence-corrected chi connectivity index (χ1v) is 9.95. The summed E-state index contributed by atoms with van der Waals surface area (Å²) in [5.74, 6) is 0.764. The SMILES string of the molecule is CN(C1=NC(=N)[NH2+]C(/N=C(\N)c2ccco2)=C1)C1CCN(c2ccc(F)cc2F)CC1. The minimum atomic E-state index is -0.580. The molecule has 0 amide bonds. The molecule has 0 radical (unpaired) electrons. The topological polar surface area (TPSA) is 111 Å². The first-order chi connectivity index (χ1) is 14.9. The van der Waals surface area contributed by atoms with Gasteiger partial charge in [0.05, 0.1) is 18.0 Å². The number of aliphatic imine (C=N–C) groups is 2. The van der Waals surface area contributed by atoms with Gasteiger partial charge in [0.15, 0.2) is 11.6 Å². The molecule has 1 fully saturated rings. The zero-order valence-electron chi connectivity index (χ0n) is 17.1. The van der Waals surface area contributed by atoms with E-state index in [0.29, 0.717) is 36.2 Å². The molecular weight excluding hydrogens is 404 g/mol. The molecular formula is C21H24F2N7O+. The first kappa shape index (κ1) is 20.7. The van der Waals surface area contributed by atoms with Gasteiger partial charge in [0.25, 0.3) is 0 Å². The van der Waals surface area contributed by atoms with Crippen LogP contribution in [0.25, 0.3) is 0 Å². The van der Waals surface area contributed by atoms with Crippen molar-refractivity contribution in [2.24, 2.45) is 15.7 Å². The van der Waals surface area contributed by atoms with E-state index in [-0.39, 0.29) is 17.8 Å². The number of nitrogens with zero attached hydrogens (tertiary/aromatic N) is 4. The van der Waals surface area contributed by atoms with E-state index in [1.807, 2.05) is 16.8 Å². The fourth-order valence-corrected chi connectivity index (χ4v) is 3.78. The van der Waals surface area contributed by atoms with Crippen molar-refractivity contribution in [1.82, 2.24) is 4.90 Å². The zero-order chi connectivity index (χ0) is 22.0. The first-order valence-electron chi connectivity index (χ1n) is 9.95. The molecule has 8 nitrogen and oxygen atoms in total. The lowest BCUT2D eigenvalue weighted by Gasteiger charge is -2.38. The molecule has 1 saturated heterocycles. The van der Waals surface area contributed by atoms with Crippen LogP contribution in [0.2, 0.25) is 0 Å². The van der Waals surface area contributed by atoms with Crippen LogP contribution in [0.15, 0.2) is 62.9 Å². The second-order valence-electron chi connectivity index (χ2n) is 7.47. The lowest BCUT2D eigenvalue weighted by Crippen LogP contribution is -2.86. The zero-order valence-corrected chi connectivity index (χ0v) is 17.1. The third-order valence-electron chi connectivity index (χ3n) is 5.44. The molecule has 2 aromatic rings. The Morgan fingerprint density at radius 2 is 2.10 bits per heavy atom. The molecule has 0 atom stereocenters. The molecule has 0 saturated carbocycles. The Kier molecular flexibility index (Phi) is 5.81. The minimum absolute atomic E-state index is 0.0844. The number of amidine groups is 2. The molecule has 5 N–H and O–H groups in total. The van der Waals surface area contributed by atoms with Crippen LogP contribution in [0.1, 0.15) is 18.6 Å². The van der Waals surface area contributed by atoms with Crippen LogP contribution in [-0.4, -0.2) is 48.7 Å². The number of quaternary nitrogens is 1. The number of rotatable bonds is 4. The van der Waals surface area contributed by atoms with E-state index < -0.39 is 11.6 Å². The average Bonchev–Trinajstić information content (AvgIpc) is 3.28. The summed E-state index contributed by atoms with van der Waals surface area (Å²) in [6.45, 7) is 1.27. The molecule has 10 heteroatoms. The number of nitrogens with one attached hydrogen (secondary N) is 1. The van der Waals surface area contributed by atoms with Gasteiger partial charge < -0.3 is 20.0 Å². The molecule has 1 aromatic carbocycles. The molecule has 3 heterocycles. The number of piperidine rings is 1. The van der Waals surface area contributed by atoms with E-state index in [9.17, 15) is 8.78 Å². The molecule has 162 valence electrons. The number of hydrogen-bond donors (Lipinski definition) is 3. The van der Waals surface area contributed by atoms with Crippen LogP contribution in [0.5, 0.6) is 0 Å². The standard InChI is InChI=1S/C21H23F2N7O/c1-29(14-6-8-30(9-7-14)16-5-4-13(22)11-15(16)23)19-12-18(27-21(25)28-19)26-20(24)17-3-2-10-31-17/h2-5,10-12,14H,6-9H2,1H3,(H4,24,25,26,27,28)/p+1. The van der Waals surface area contributed by atoms with Crippen LogP contribution < -0.4 is 16.0 Å². The number of hydrogen-bond acceptors (Lipinski definition) is 5. The van der Waals surface area contributed by atoms with Crippen LogP contribution in [0.4, 0.5) is 14.5 Å². The van der Waals surface area contributed by atoms with Crippen LogP contribution in [0.3, 0.4) is 0 Å². The molecule has 0 aliphatic carbocycles. The van der Waals surface area contributed by atoms with Gasteiger partial charge in [0, 0.05) is 32.2 Å². The van der Waals surface area contributed by atoms with Gasteiger partial charge in [-0.25, -0.2) is 19.5 Å². The maximum Gasteiger partial charge on any atom is 0.326 e. The highest BCUT2D eigenvalue weighted by molar-refractivity contribution is 6.02. The number of benzene rings is 1. The van der Waals surface area contributed by atoms with Crippen molar-refractivity contribution in [1.29, 1.82) is 5.41 Å². The molecule has 4 rings (SSSR count). The predicted octanol–water partition coefficient (Wildman–Crippen LogP) is 1.62. The maximum atomic E-state index is 14.1.